The van der Waals surface area contributed by atoms with Crippen LogP contribution in [0, 0.1) is 11.8 Å². The van der Waals surface area contributed by atoms with E-state index in [0.717, 1.165) is 61.8 Å². The van der Waals surface area contributed by atoms with Crippen molar-refractivity contribution in [2.75, 3.05) is 0 Å². The third kappa shape index (κ3) is 3.90. The Labute approximate surface area is 167 Å². The normalized spacial score (nSPS) is 21.0. The molecule has 0 bridgehead atoms. The third-order valence-corrected chi connectivity index (χ3v) is 6.43. The first-order chi connectivity index (χ1) is 13.6. The van der Waals surface area contributed by atoms with Crippen molar-refractivity contribution < 1.29 is 9.52 Å². The van der Waals surface area contributed by atoms with E-state index >= 15 is 0 Å². The second-order valence-electron chi connectivity index (χ2n) is 9.15. The number of fused-ring (bicyclic) bond motifs is 1. The molecule has 0 saturated heterocycles. The topological polar surface area (TPSA) is 50.4 Å². The highest BCUT2D eigenvalue weighted by Crippen LogP contribution is 2.49. The molecule has 1 aromatic heterocycles. The molecular formula is C25H32O3. The summed E-state index contributed by atoms with van der Waals surface area (Å²) in [6, 6.07) is 10.2. The van der Waals surface area contributed by atoms with Gasteiger partial charge < -0.3 is 9.52 Å². The Kier molecular flexibility index (Phi) is 5.61. The number of hydrogen-bond acceptors (Lipinski definition) is 3. The van der Waals surface area contributed by atoms with Gasteiger partial charge in [0.05, 0.1) is 5.56 Å². The molecule has 0 amide bonds. The van der Waals surface area contributed by atoms with Crippen molar-refractivity contribution in [3.63, 3.8) is 0 Å². The van der Waals surface area contributed by atoms with Crippen molar-refractivity contribution in [3.05, 3.63) is 63.2 Å². The lowest BCUT2D eigenvalue weighted by atomic mass is 9.81. The van der Waals surface area contributed by atoms with Gasteiger partial charge in [-0.15, -0.1) is 0 Å². The zero-order chi connectivity index (χ0) is 19.7. The maximum Gasteiger partial charge on any atom is 0.343 e. The molecule has 2 unspecified atom stereocenters. The first kappa shape index (κ1) is 19.3. The van der Waals surface area contributed by atoms with Crippen molar-refractivity contribution in [2.45, 2.75) is 77.0 Å². The van der Waals surface area contributed by atoms with Crippen molar-refractivity contribution in [1.82, 2.24) is 0 Å². The lowest BCUT2D eigenvalue weighted by molar-refractivity contribution is 0.330. The van der Waals surface area contributed by atoms with E-state index < -0.39 is 0 Å². The monoisotopic (exact) mass is 380 g/mol. The molecule has 0 spiro atoms. The van der Waals surface area contributed by atoms with Crippen LogP contribution in [0.4, 0.5) is 0 Å². The predicted molar refractivity (Wildman–Crippen MR) is 112 cm³/mol. The van der Waals surface area contributed by atoms with Crippen LogP contribution in [-0.2, 0) is 6.42 Å². The molecule has 3 heteroatoms. The third-order valence-electron chi connectivity index (χ3n) is 6.43. The highest BCUT2D eigenvalue weighted by Gasteiger charge is 2.39. The summed E-state index contributed by atoms with van der Waals surface area (Å²) in [5.74, 6) is 2.13. The molecule has 1 N–H and O–H groups in total. The van der Waals surface area contributed by atoms with Gasteiger partial charge in [-0.2, -0.15) is 0 Å². The molecular weight excluding hydrogens is 348 g/mol. The van der Waals surface area contributed by atoms with Crippen molar-refractivity contribution >= 4 is 0 Å². The van der Waals surface area contributed by atoms with Crippen LogP contribution in [0.2, 0.25) is 0 Å². The van der Waals surface area contributed by atoms with E-state index in [0.29, 0.717) is 17.4 Å². The molecule has 0 radical (unpaired) electrons. The SMILES string of the molecule is CC(C)CC1CCCCCc2c1oc(=O)c(C(c1ccccc1)C1CC1)c2O. The van der Waals surface area contributed by atoms with Gasteiger partial charge >= 0.3 is 5.63 Å². The summed E-state index contributed by atoms with van der Waals surface area (Å²) in [4.78, 5) is 13.2. The summed E-state index contributed by atoms with van der Waals surface area (Å²) < 4.78 is 6.03. The fourth-order valence-electron chi connectivity index (χ4n) is 5.00. The molecule has 1 aromatic carbocycles. The molecule has 2 aliphatic rings. The Balaban J connectivity index is 1.83. The van der Waals surface area contributed by atoms with E-state index in [1.807, 2.05) is 18.2 Å². The van der Waals surface area contributed by atoms with Gasteiger partial charge in [0.1, 0.15) is 11.5 Å². The van der Waals surface area contributed by atoms with Gasteiger partial charge in [-0.1, -0.05) is 57.0 Å². The van der Waals surface area contributed by atoms with E-state index in [4.69, 9.17) is 4.42 Å². The van der Waals surface area contributed by atoms with Crippen LogP contribution in [0.5, 0.6) is 5.75 Å². The fraction of sp³-hybridized carbons (Fsp3) is 0.560. The van der Waals surface area contributed by atoms with Crippen LogP contribution in [0.1, 0.15) is 93.1 Å². The van der Waals surface area contributed by atoms with Crippen molar-refractivity contribution in [3.8, 4) is 5.75 Å². The maximum atomic E-state index is 13.2. The van der Waals surface area contributed by atoms with Crippen LogP contribution in [0.3, 0.4) is 0 Å². The Morgan fingerprint density at radius 3 is 2.50 bits per heavy atom. The molecule has 150 valence electrons. The van der Waals surface area contributed by atoms with E-state index in [2.05, 4.69) is 26.0 Å². The Hall–Kier alpha value is -2.03. The average Bonchev–Trinajstić information content (AvgIpc) is 3.48. The molecule has 2 aliphatic carbocycles. The molecule has 28 heavy (non-hydrogen) atoms. The van der Waals surface area contributed by atoms with E-state index in [1.165, 1.54) is 6.42 Å². The first-order valence-corrected chi connectivity index (χ1v) is 11.0. The van der Waals surface area contributed by atoms with Crippen LogP contribution in [0.25, 0.3) is 0 Å². The first-order valence-electron chi connectivity index (χ1n) is 11.0. The number of aromatic hydroxyl groups is 1. The van der Waals surface area contributed by atoms with Gasteiger partial charge in [0.25, 0.3) is 0 Å². The van der Waals surface area contributed by atoms with Crippen molar-refractivity contribution in [2.24, 2.45) is 11.8 Å². The van der Waals surface area contributed by atoms with Crippen LogP contribution in [0.15, 0.2) is 39.5 Å². The lowest BCUT2D eigenvalue weighted by Gasteiger charge is -2.26. The van der Waals surface area contributed by atoms with Crippen LogP contribution >= 0.6 is 0 Å². The van der Waals surface area contributed by atoms with E-state index in [9.17, 15) is 9.90 Å². The summed E-state index contributed by atoms with van der Waals surface area (Å²) in [5.41, 5.74) is 2.18. The van der Waals surface area contributed by atoms with Crippen LogP contribution < -0.4 is 5.63 Å². The highest BCUT2D eigenvalue weighted by molar-refractivity contribution is 5.47. The minimum absolute atomic E-state index is 0.0586. The van der Waals surface area contributed by atoms with Gasteiger partial charge in [0, 0.05) is 17.4 Å². The molecule has 2 atom stereocenters. The average molecular weight is 381 g/mol. The van der Waals surface area contributed by atoms with Crippen molar-refractivity contribution in [1.29, 1.82) is 0 Å². The molecule has 2 aromatic rings. The highest BCUT2D eigenvalue weighted by atomic mass is 16.4. The summed E-state index contributed by atoms with van der Waals surface area (Å²) in [6.45, 7) is 4.42. The standard InChI is InChI=1S/C25H32O3/c1-16(2)15-19-11-7-4-8-12-20-23(26)22(25(27)28-24(19)20)21(18-13-14-18)17-9-5-3-6-10-17/h3,5-6,9-10,16,18-19,21,26H,4,7-8,11-15H2,1-2H3. The van der Waals surface area contributed by atoms with Gasteiger partial charge in [-0.3, -0.25) is 0 Å². The second kappa shape index (κ2) is 8.14. The van der Waals surface area contributed by atoms with Gasteiger partial charge in [0.2, 0.25) is 0 Å². The minimum atomic E-state index is -0.327. The van der Waals surface area contributed by atoms with Crippen LogP contribution in [-0.4, -0.2) is 5.11 Å². The quantitative estimate of drug-likeness (QED) is 0.678. The summed E-state index contributed by atoms with van der Waals surface area (Å²) in [6.07, 6.45) is 8.43. The predicted octanol–water partition coefficient (Wildman–Crippen LogP) is 6.13. The number of benzene rings is 1. The molecule has 0 aliphatic heterocycles. The number of rotatable bonds is 5. The summed E-state index contributed by atoms with van der Waals surface area (Å²) in [7, 11) is 0. The van der Waals surface area contributed by atoms with Gasteiger partial charge in [0.15, 0.2) is 0 Å². The molecule has 4 rings (SSSR count). The second-order valence-corrected chi connectivity index (χ2v) is 9.15. The van der Waals surface area contributed by atoms with E-state index in [1.54, 1.807) is 0 Å². The van der Waals surface area contributed by atoms with E-state index in [-0.39, 0.29) is 23.2 Å². The van der Waals surface area contributed by atoms with Gasteiger partial charge in [-0.25, -0.2) is 4.79 Å². The largest absolute Gasteiger partial charge is 0.507 e. The molecule has 1 saturated carbocycles. The van der Waals surface area contributed by atoms with Gasteiger partial charge in [-0.05, 0) is 55.9 Å². The molecule has 1 fully saturated rings. The summed E-state index contributed by atoms with van der Waals surface area (Å²) >= 11 is 0. The Morgan fingerprint density at radius 1 is 1.07 bits per heavy atom. The zero-order valence-corrected chi connectivity index (χ0v) is 17.1. The molecule has 1 heterocycles. The minimum Gasteiger partial charge on any atom is -0.507 e. The fourth-order valence-corrected chi connectivity index (χ4v) is 5.00. The summed E-state index contributed by atoms with van der Waals surface area (Å²) in [5, 5.41) is 11.3. The maximum absolute atomic E-state index is 13.2. The molecule has 3 nitrogen and oxygen atoms in total. The lowest BCUT2D eigenvalue weighted by Crippen LogP contribution is -2.20. The number of hydrogen-bond donors (Lipinski definition) is 1. The Bertz CT molecular complexity index is 861. The zero-order valence-electron chi connectivity index (χ0n) is 17.1. The smallest absolute Gasteiger partial charge is 0.343 e. The Morgan fingerprint density at radius 2 is 1.82 bits per heavy atom.